The molecule has 0 bridgehead atoms. The Bertz CT molecular complexity index is 425. The number of aromatic nitrogens is 1. The van der Waals surface area contributed by atoms with E-state index in [0.717, 1.165) is 23.0 Å². The Morgan fingerprint density at radius 2 is 1.93 bits per heavy atom. The third-order valence-corrected chi connectivity index (χ3v) is 2.23. The fourth-order valence-corrected chi connectivity index (χ4v) is 1.50. The summed E-state index contributed by atoms with van der Waals surface area (Å²) in [6.07, 6.45) is 1.46. The summed E-state index contributed by atoms with van der Waals surface area (Å²) in [4.78, 5) is 4.47. The Balaban J connectivity index is 2.32. The van der Waals surface area contributed by atoms with Gasteiger partial charge in [-0.15, -0.1) is 0 Å². The largest absolute Gasteiger partial charge is 0.253 e. The highest BCUT2D eigenvalue weighted by Crippen LogP contribution is 2.12. The molecule has 0 amide bonds. The third-order valence-electron chi connectivity index (χ3n) is 2.23. The van der Waals surface area contributed by atoms with Gasteiger partial charge in [-0.05, 0) is 25.0 Å². The number of aryl methyl sites for hydroxylation is 1. The van der Waals surface area contributed by atoms with Gasteiger partial charge in [-0.25, -0.2) is 5.11 Å². The van der Waals surface area contributed by atoms with E-state index in [1.54, 1.807) is 0 Å². The number of rotatable bonds is 3. The van der Waals surface area contributed by atoms with Gasteiger partial charge in [0.25, 0.3) is 0 Å². The summed E-state index contributed by atoms with van der Waals surface area (Å²) < 4.78 is 0. The lowest BCUT2D eigenvalue weighted by molar-refractivity contribution is 0.189. The summed E-state index contributed by atoms with van der Waals surface area (Å²) >= 11 is 0. The van der Waals surface area contributed by atoms with Gasteiger partial charge in [0.1, 0.15) is 0 Å². The monoisotopic (exact) mass is 186 g/mol. The second-order valence-electron chi connectivity index (χ2n) is 3.30. The van der Waals surface area contributed by atoms with Crippen molar-refractivity contribution < 1.29 is 5.11 Å². The maximum absolute atomic E-state index is 10.3. The molecular formula is C12H12NO. The van der Waals surface area contributed by atoms with E-state index in [1.165, 1.54) is 0 Å². The van der Waals surface area contributed by atoms with E-state index in [2.05, 4.69) is 11.1 Å². The zero-order valence-electron chi connectivity index (χ0n) is 7.94. The summed E-state index contributed by atoms with van der Waals surface area (Å²) in [6.45, 7) is -0.0193. The average Bonchev–Trinajstić information content (AvgIpc) is 2.26. The van der Waals surface area contributed by atoms with Crippen LogP contribution < -0.4 is 0 Å². The Hall–Kier alpha value is -1.41. The smallest absolute Gasteiger partial charge is 0.0826 e. The molecule has 0 N–H and O–H groups in total. The quantitative estimate of drug-likeness (QED) is 0.725. The molecule has 0 spiro atoms. The maximum Gasteiger partial charge on any atom is 0.0826 e. The summed E-state index contributed by atoms with van der Waals surface area (Å²) in [7, 11) is 0. The second kappa shape index (κ2) is 4.20. The van der Waals surface area contributed by atoms with Crippen LogP contribution in [0.1, 0.15) is 12.1 Å². The maximum atomic E-state index is 10.3. The first-order valence-electron chi connectivity index (χ1n) is 4.83. The van der Waals surface area contributed by atoms with Crippen molar-refractivity contribution in [2.75, 3.05) is 6.61 Å². The Kier molecular flexibility index (Phi) is 2.75. The summed E-state index contributed by atoms with van der Waals surface area (Å²) in [5.41, 5.74) is 2.02. The first-order valence-corrected chi connectivity index (χ1v) is 4.83. The minimum absolute atomic E-state index is 0.0193. The SMILES string of the molecule is [O]CCCc1ccc2ccccc2n1. The number of pyridine rings is 1. The molecule has 0 aliphatic heterocycles. The highest BCUT2D eigenvalue weighted by molar-refractivity contribution is 5.78. The highest BCUT2D eigenvalue weighted by atomic mass is 16.2. The number of benzene rings is 1. The molecule has 1 aromatic carbocycles. The van der Waals surface area contributed by atoms with Gasteiger partial charge in [0, 0.05) is 11.1 Å². The van der Waals surface area contributed by atoms with Crippen LogP contribution in [0.4, 0.5) is 0 Å². The van der Waals surface area contributed by atoms with Gasteiger partial charge in [-0.2, -0.15) is 0 Å². The molecule has 0 aliphatic carbocycles. The van der Waals surface area contributed by atoms with Crippen molar-refractivity contribution >= 4 is 10.9 Å². The normalized spacial score (nSPS) is 10.6. The molecule has 71 valence electrons. The topological polar surface area (TPSA) is 32.8 Å². The van der Waals surface area contributed by atoms with E-state index in [1.807, 2.05) is 30.3 Å². The van der Waals surface area contributed by atoms with Crippen LogP contribution in [0.3, 0.4) is 0 Å². The number of hydrogen-bond acceptors (Lipinski definition) is 1. The van der Waals surface area contributed by atoms with Crippen LogP contribution in [0, 0.1) is 0 Å². The summed E-state index contributed by atoms with van der Waals surface area (Å²) in [6, 6.07) is 12.1. The minimum Gasteiger partial charge on any atom is -0.253 e. The van der Waals surface area contributed by atoms with Crippen molar-refractivity contribution in [2.24, 2.45) is 0 Å². The van der Waals surface area contributed by atoms with Gasteiger partial charge in [0.15, 0.2) is 0 Å². The van der Waals surface area contributed by atoms with Crippen molar-refractivity contribution in [3.05, 3.63) is 42.1 Å². The van der Waals surface area contributed by atoms with Crippen LogP contribution in [0.5, 0.6) is 0 Å². The Labute approximate surface area is 83.2 Å². The van der Waals surface area contributed by atoms with Crippen LogP contribution in [0.2, 0.25) is 0 Å². The van der Waals surface area contributed by atoms with Crippen molar-refractivity contribution in [3.8, 4) is 0 Å². The number of hydrogen-bond donors (Lipinski definition) is 0. The van der Waals surface area contributed by atoms with Crippen LogP contribution in [0.15, 0.2) is 36.4 Å². The third kappa shape index (κ3) is 1.91. The van der Waals surface area contributed by atoms with Crippen molar-refractivity contribution in [2.45, 2.75) is 12.8 Å². The van der Waals surface area contributed by atoms with E-state index >= 15 is 0 Å². The molecule has 2 aromatic rings. The molecule has 1 heterocycles. The van der Waals surface area contributed by atoms with E-state index in [9.17, 15) is 5.11 Å². The number of para-hydroxylation sites is 1. The Morgan fingerprint density at radius 1 is 1.07 bits per heavy atom. The zero-order valence-corrected chi connectivity index (χ0v) is 7.94. The molecule has 0 saturated heterocycles. The predicted molar refractivity (Wildman–Crippen MR) is 55.6 cm³/mol. The molecule has 0 atom stereocenters. The molecule has 1 aromatic heterocycles. The molecule has 0 unspecified atom stereocenters. The van der Waals surface area contributed by atoms with Gasteiger partial charge in [-0.1, -0.05) is 24.3 Å². The lowest BCUT2D eigenvalue weighted by atomic mass is 10.1. The molecule has 0 saturated carbocycles. The van der Waals surface area contributed by atoms with Crippen molar-refractivity contribution in [3.63, 3.8) is 0 Å². The fourth-order valence-electron chi connectivity index (χ4n) is 1.50. The van der Waals surface area contributed by atoms with Crippen LogP contribution in [-0.4, -0.2) is 11.6 Å². The molecule has 0 fully saturated rings. The lowest BCUT2D eigenvalue weighted by Gasteiger charge is -2.00. The van der Waals surface area contributed by atoms with Crippen LogP contribution >= 0.6 is 0 Å². The lowest BCUT2D eigenvalue weighted by Crippen LogP contribution is -1.92. The summed E-state index contributed by atoms with van der Waals surface area (Å²) in [5, 5.41) is 11.5. The van der Waals surface area contributed by atoms with Crippen molar-refractivity contribution in [1.82, 2.24) is 4.98 Å². The van der Waals surface area contributed by atoms with Gasteiger partial charge in [-0.3, -0.25) is 4.98 Å². The van der Waals surface area contributed by atoms with Gasteiger partial charge in [0.05, 0.1) is 12.1 Å². The Morgan fingerprint density at radius 3 is 2.79 bits per heavy atom. The van der Waals surface area contributed by atoms with Crippen LogP contribution in [-0.2, 0) is 11.5 Å². The van der Waals surface area contributed by atoms with Gasteiger partial charge < -0.3 is 0 Å². The molecule has 2 rings (SSSR count). The molecule has 1 radical (unpaired) electrons. The standard InChI is InChI=1S/C12H12NO/c14-9-3-5-11-8-7-10-4-1-2-6-12(10)13-11/h1-2,4,6-8H,3,5,9H2. The van der Waals surface area contributed by atoms with E-state index in [0.29, 0.717) is 6.42 Å². The van der Waals surface area contributed by atoms with E-state index < -0.39 is 0 Å². The minimum atomic E-state index is -0.0193. The number of nitrogens with zero attached hydrogens (tertiary/aromatic N) is 1. The molecule has 2 nitrogen and oxygen atoms in total. The summed E-state index contributed by atoms with van der Waals surface area (Å²) in [5.74, 6) is 0. The predicted octanol–water partition coefficient (Wildman–Crippen LogP) is 2.60. The zero-order chi connectivity index (χ0) is 9.80. The van der Waals surface area contributed by atoms with Gasteiger partial charge in [0.2, 0.25) is 0 Å². The first-order chi connectivity index (χ1) is 6.90. The first kappa shape index (κ1) is 9.16. The van der Waals surface area contributed by atoms with Crippen molar-refractivity contribution in [1.29, 1.82) is 0 Å². The average molecular weight is 186 g/mol. The second-order valence-corrected chi connectivity index (χ2v) is 3.30. The van der Waals surface area contributed by atoms with Gasteiger partial charge >= 0.3 is 0 Å². The highest BCUT2D eigenvalue weighted by Gasteiger charge is 1.97. The van der Waals surface area contributed by atoms with Crippen LogP contribution in [0.25, 0.3) is 10.9 Å². The molecule has 0 aliphatic rings. The van der Waals surface area contributed by atoms with E-state index in [4.69, 9.17) is 0 Å². The molecule has 14 heavy (non-hydrogen) atoms. The molecular weight excluding hydrogens is 174 g/mol. The van der Waals surface area contributed by atoms with E-state index in [-0.39, 0.29) is 6.61 Å². The molecule has 2 heteroatoms. The number of fused-ring (bicyclic) bond motifs is 1. The fraction of sp³-hybridized carbons (Fsp3) is 0.250.